The van der Waals surface area contributed by atoms with Gasteiger partial charge in [0.05, 0.1) is 17.2 Å². The summed E-state index contributed by atoms with van der Waals surface area (Å²) in [5, 5.41) is 12.3. The lowest BCUT2D eigenvalue weighted by atomic mass is 10.2. The number of nitrogens with zero attached hydrogens (tertiary/aromatic N) is 5. The van der Waals surface area contributed by atoms with E-state index in [1.807, 2.05) is 24.3 Å². The van der Waals surface area contributed by atoms with E-state index in [0.717, 1.165) is 34.8 Å². The van der Waals surface area contributed by atoms with Crippen LogP contribution in [0.5, 0.6) is 0 Å². The zero-order chi connectivity index (χ0) is 24.7. The smallest absolute Gasteiger partial charge is 0.285 e. The van der Waals surface area contributed by atoms with Gasteiger partial charge in [0.15, 0.2) is 0 Å². The van der Waals surface area contributed by atoms with Crippen molar-refractivity contribution < 1.29 is 8.42 Å². The van der Waals surface area contributed by atoms with Gasteiger partial charge in [0.25, 0.3) is 10.0 Å². The van der Waals surface area contributed by atoms with Gasteiger partial charge in [0.2, 0.25) is 0 Å². The maximum absolute atomic E-state index is 13.6. The molecule has 36 heavy (non-hydrogen) atoms. The molecule has 1 aliphatic heterocycles. The Morgan fingerprint density at radius 1 is 1.00 bits per heavy atom. The molecule has 5 aromatic rings. The van der Waals surface area contributed by atoms with Crippen LogP contribution in [0.1, 0.15) is 6.92 Å². The molecule has 0 radical (unpaired) electrons. The van der Waals surface area contributed by atoms with E-state index in [-0.39, 0.29) is 4.90 Å². The lowest BCUT2D eigenvalue weighted by Gasteiger charge is -2.33. The van der Waals surface area contributed by atoms with Gasteiger partial charge in [0.1, 0.15) is 10.7 Å². The largest absolute Gasteiger partial charge is 0.369 e. The minimum absolute atomic E-state index is 0.106. The van der Waals surface area contributed by atoms with Crippen LogP contribution < -0.4 is 15.5 Å². The van der Waals surface area contributed by atoms with E-state index in [1.165, 1.54) is 11.9 Å². The predicted molar refractivity (Wildman–Crippen MR) is 141 cm³/mol. The molecule has 6 rings (SSSR count). The summed E-state index contributed by atoms with van der Waals surface area (Å²) < 4.78 is 28.3. The van der Waals surface area contributed by atoms with Crippen molar-refractivity contribution in [1.29, 1.82) is 0 Å². The molecule has 9 nitrogen and oxygen atoms in total. The Bertz CT molecular complexity index is 1660. The highest BCUT2D eigenvalue weighted by Crippen LogP contribution is 2.27. The van der Waals surface area contributed by atoms with E-state index < -0.39 is 10.0 Å². The van der Waals surface area contributed by atoms with Crippen molar-refractivity contribution >= 4 is 49.0 Å². The second-order valence-corrected chi connectivity index (χ2v) is 10.7. The predicted octanol–water partition coefficient (Wildman–Crippen LogP) is 3.76. The van der Waals surface area contributed by atoms with Crippen molar-refractivity contribution in [3.63, 3.8) is 0 Å². The van der Waals surface area contributed by atoms with Gasteiger partial charge in [-0.15, -0.1) is 0 Å². The average Bonchev–Trinajstić information content (AvgIpc) is 3.33. The van der Waals surface area contributed by atoms with Gasteiger partial charge >= 0.3 is 0 Å². The molecular weight excluding hydrogens is 474 g/mol. The molecule has 10 heteroatoms. The lowest BCUT2D eigenvalue weighted by molar-refractivity contribution is 0.485. The molecule has 4 heterocycles. The van der Waals surface area contributed by atoms with Gasteiger partial charge in [-0.3, -0.25) is 4.98 Å². The summed E-state index contributed by atoms with van der Waals surface area (Å²) in [6, 6.07) is 19.0. The third-order valence-electron chi connectivity index (χ3n) is 6.39. The van der Waals surface area contributed by atoms with Crippen molar-refractivity contribution in [3.8, 4) is 0 Å². The fourth-order valence-electron chi connectivity index (χ4n) is 4.61. The second-order valence-electron chi connectivity index (χ2n) is 8.93. The van der Waals surface area contributed by atoms with Gasteiger partial charge in [-0.1, -0.05) is 18.2 Å². The molecule has 1 fully saturated rings. The van der Waals surface area contributed by atoms with Crippen LogP contribution in [-0.4, -0.2) is 53.2 Å². The van der Waals surface area contributed by atoms with Gasteiger partial charge in [-0.2, -0.15) is 17.6 Å². The summed E-state index contributed by atoms with van der Waals surface area (Å²) in [5.41, 5.74) is 2.88. The molecule has 0 saturated carbocycles. The highest BCUT2D eigenvalue weighted by atomic mass is 32.2. The molecule has 182 valence electrons. The minimum atomic E-state index is -3.98. The van der Waals surface area contributed by atoms with Crippen molar-refractivity contribution in [1.82, 2.24) is 24.5 Å². The molecule has 3 aromatic heterocycles. The van der Waals surface area contributed by atoms with Crippen LogP contribution in [0.3, 0.4) is 0 Å². The number of hydrogen-bond donors (Lipinski definition) is 2. The van der Waals surface area contributed by atoms with Crippen molar-refractivity contribution in [2.45, 2.75) is 17.9 Å². The summed E-state index contributed by atoms with van der Waals surface area (Å²) in [7, 11) is -3.98. The number of rotatable bonds is 5. The van der Waals surface area contributed by atoms with Crippen LogP contribution in [0, 0.1) is 0 Å². The van der Waals surface area contributed by atoms with Gasteiger partial charge in [-0.05, 0) is 43.3 Å². The molecular formula is C26H25N7O2S. The molecule has 2 aromatic carbocycles. The molecule has 0 amide bonds. The van der Waals surface area contributed by atoms with E-state index >= 15 is 0 Å². The Hall–Kier alpha value is -4.02. The molecule has 2 N–H and O–H groups in total. The lowest BCUT2D eigenvalue weighted by Crippen LogP contribution is -2.49. The third-order valence-corrected chi connectivity index (χ3v) is 8.03. The summed E-state index contributed by atoms with van der Waals surface area (Å²) in [5.74, 6) is 0.527. The average molecular weight is 500 g/mol. The van der Waals surface area contributed by atoms with E-state index in [4.69, 9.17) is 0 Å². The van der Waals surface area contributed by atoms with Crippen LogP contribution in [-0.2, 0) is 10.0 Å². The third kappa shape index (κ3) is 4.04. The first-order valence-corrected chi connectivity index (χ1v) is 13.2. The Kier molecular flexibility index (Phi) is 5.54. The monoisotopic (exact) mass is 499 g/mol. The summed E-state index contributed by atoms with van der Waals surface area (Å²) >= 11 is 0. The molecule has 0 aliphatic carbocycles. The van der Waals surface area contributed by atoms with E-state index in [9.17, 15) is 8.42 Å². The Morgan fingerprint density at radius 3 is 2.67 bits per heavy atom. The van der Waals surface area contributed by atoms with Crippen molar-refractivity contribution in [2.24, 2.45) is 0 Å². The van der Waals surface area contributed by atoms with Gasteiger partial charge in [-0.25, -0.2) is 4.98 Å². The van der Waals surface area contributed by atoms with Gasteiger partial charge in [0, 0.05) is 66.3 Å². The van der Waals surface area contributed by atoms with Crippen molar-refractivity contribution in [3.05, 3.63) is 79.3 Å². The number of nitrogens with one attached hydrogen (secondary N) is 2. The standard InChI is InChI=1S/C26H25N7O2S/c1-18-17-32(13-12-27-18)22-9-7-21(8-10-22)31-25-14-23-20(15-29-25)16-30-33(23)36(34,35)24-6-2-4-19-5-3-11-28-26(19)24/h2-11,14-16,18,27H,12-13,17H2,1H3,(H,29,31)/t18-/m0/s1. The maximum Gasteiger partial charge on any atom is 0.285 e. The number of anilines is 3. The van der Waals surface area contributed by atoms with Crippen LogP contribution in [0.4, 0.5) is 17.2 Å². The summed E-state index contributed by atoms with van der Waals surface area (Å²) in [4.78, 5) is 11.2. The first-order chi connectivity index (χ1) is 17.5. The van der Waals surface area contributed by atoms with Crippen molar-refractivity contribution in [2.75, 3.05) is 29.9 Å². The van der Waals surface area contributed by atoms with Gasteiger partial charge < -0.3 is 15.5 Å². The molecule has 0 unspecified atom stereocenters. The molecule has 0 spiro atoms. The number of benzene rings is 2. The number of piperazine rings is 1. The number of fused-ring (bicyclic) bond motifs is 2. The number of hydrogen-bond acceptors (Lipinski definition) is 8. The summed E-state index contributed by atoms with van der Waals surface area (Å²) in [6.45, 7) is 5.10. The SMILES string of the molecule is C[C@H]1CN(c2ccc(Nc3cc4c(cn3)cnn4S(=O)(=O)c3cccc4cccnc34)cc2)CCN1. The molecule has 0 bridgehead atoms. The minimum Gasteiger partial charge on any atom is -0.369 e. The topological polar surface area (TPSA) is 105 Å². The zero-order valence-corrected chi connectivity index (χ0v) is 20.5. The Morgan fingerprint density at radius 2 is 1.83 bits per heavy atom. The normalized spacial score (nSPS) is 16.5. The van der Waals surface area contributed by atoms with E-state index in [0.29, 0.717) is 28.3 Å². The molecule has 1 aliphatic rings. The fourth-order valence-corrected chi connectivity index (χ4v) is 6.05. The highest BCUT2D eigenvalue weighted by molar-refractivity contribution is 7.90. The Labute approximate surface area is 208 Å². The Balaban J connectivity index is 1.31. The van der Waals surface area contributed by atoms with Crippen LogP contribution in [0.2, 0.25) is 0 Å². The highest BCUT2D eigenvalue weighted by Gasteiger charge is 2.24. The zero-order valence-electron chi connectivity index (χ0n) is 19.7. The quantitative estimate of drug-likeness (QED) is 0.377. The molecule has 1 atom stereocenters. The first kappa shape index (κ1) is 22.4. The molecule has 1 saturated heterocycles. The van der Waals surface area contributed by atoms with E-state index in [1.54, 1.807) is 36.7 Å². The number of aromatic nitrogens is 4. The fraction of sp³-hybridized carbons (Fsp3) is 0.192. The van der Waals surface area contributed by atoms with Crippen LogP contribution in [0.15, 0.2) is 84.1 Å². The maximum atomic E-state index is 13.6. The second kappa shape index (κ2) is 8.89. The number of para-hydroxylation sites is 1. The first-order valence-electron chi connectivity index (χ1n) is 11.8. The van der Waals surface area contributed by atoms with Crippen LogP contribution >= 0.6 is 0 Å². The van der Waals surface area contributed by atoms with Crippen LogP contribution in [0.25, 0.3) is 21.8 Å². The summed E-state index contributed by atoms with van der Waals surface area (Å²) in [6.07, 6.45) is 4.71. The number of pyridine rings is 2. The van der Waals surface area contributed by atoms with E-state index in [2.05, 4.69) is 49.7 Å².